The third-order valence-corrected chi connectivity index (χ3v) is 5.00. The summed E-state index contributed by atoms with van der Waals surface area (Å²) in [6, 6.07) is 13.9. The molecule has 34 heavy (non-hydrogen) atoms. The van der Waals surface area contributed by atoms with Gasteiger partial charge in [0.1, 0.15) is 11.5 Å². The van der Waals surface area contributed by atoms with E-state index in [4.69, 9.17) is 19.3 Å². The summed E-state index contributed by atoms with van der Waals surface area (Å²) in [5.74, 6) is 0.248. The van der Waals surface area contributed by atoms with Gasteiger partial charge in [-0.1, -0.05) is 12.1 Å². The monoisotopic (exact) mass is 499 g/mol. The number of rotatable bonds is 9. The lowest BCUT2D eigenvalue weighted by molar-refractivity contribution is -0.137. The van der Waals surface area contributed by atoms with E-state index in [1.54, 1.807) is 43.3 Å². The molecule has 0 spiro atoms. The van der Waals surface area contributed by atoms with Gasteiger partial charge in [-0.05, 0) is 60.8 Å². The van der Waals surface area contributed by atoms with Crippen molar-refractivity contribution < 1.29 is 46.3 Å². The lowest BCUT2D eigenvalue weighted by atomic mass is 10.1. The van der Waals surface area contributed by atoms with Gasteiger partial charge in [-0.15, -0.1) is 0 Å². The van der Waals surface area contributed by atoms with Crippen LogP contribution in [0.4, 0.5) is 13.2 Å². The van der Waals surface area contributed by atoms with Crippen LogP contribution < -0.4 is 10.1 Å². The fraction of sp³-hybridized carbons (Fsp3) is 0.227. The Balaban J connectivity index is 1.66. The zero-order chi connectivity index (χ0) is 24.9. The maximum absolute atomic E-state index is 12.7. The molecule has 12 heteroatoms. The van der Waals surface area contributed by atoms with Crippen LogP contribution in [0.1, 0.15) is 22.8 Å². The van der Waals surface area contributed by atoms with Gasteiger partial charge in [0, 0.05) is 17.0 Å². The van der Waals surface area contributed by atoms with E-state index in [1.807, 2.05) is 0 Å². The molecule has 0 bridgehead atoms. The van der Waals surface area contributed by atoms with Crippen molar-refractivity contribution in [1.29, 1.82) is 0 Å². The lowest BCUT2D eigenvalue weighted by Crippen LogP contribution is -2.36. The predicted molar refractivity (Wildman–Crippen MR) is 116 cm³/mol. The van der Waals surface area contributed by atoms with Crippen molar-refractivity contribution >= 4 is 24.5 Å². The van der Waals surface area contributed by atoms with Gasteiger partial charge < -0.3 is 24.6 Å². The highest BCUT2D eigenvalue weighted by molar-refractivity contribution is 7.46. The zero-order valence-electron chi connectivity index (χ0n) is 17.8. The molecule has 0 saturated carbocycles. The maximum atomic E-state index is 12.7. The SMILES string of the molecule is C[C@H](COCOP(=O)(O)O)NC(=O)c1ccc2c(Oc3ccc(C(F)(F)F)cc3)cccc2c1. The minimum Gasteiger partial charge on any atom is -0.457 e. The van der Waals surface area contributed by atoms with Crippen molar-refractivity contribution in [2.24, 2.45) is 0 Å². The highest BCUT2D eigenvalue weighted by atomic mass is 31.2. The van der Waals surface area contributed by atoms with Crippen molar-refractivity contribution in [2.75, 3.05) is 13.4 Å². The molecule has 3 N–H and O–H groups in total. The number of carbonyl (C=O) groups is 1. The second-order valence-electron chi connectivity index (χ2n) is 7.30. The second-order valence-corrected chi connectivity index (χ2v) is 8.54. The van der Waals surface area contributed by atoms with Crippen LogP contribution >= 0.6 is 7.82 Å². The number of halogens is 3. The number of ether oxygens (including phenoxy) is 2. The normalized spacial score (nSPS) is 13.0. The number of benzene rings is 3. The molecule has 0 fully saturated rings. The molecule has 182 valence electrons. The molecular formula is C22H21F3NO7P. The van der Waals surface area contributed by atoms with E-state index < -0.39 is 38.3 Å². The van der Waals surface area contributed by atoms with Crippen molar-refractivity contribution in [2.45, 2.75) is 19.1 Å². The average molecular weight is 499 g/mol. The second kappa shape index (κ2) is 10.5. The Kier molecular flexibility index (Phi) is 7.96. The van der Waals surface area contributed by atoms with Crippen molar-refractivity contribution in [1.82, 2.24) is 5.32 Å². The Hall–Kier alpha value is -2.95. The molecule has 8 nitrogen and oxygen atoms in total. The summed E-state index contributed by atoms with van der Waals surface area (Å²) in [6.45, 7) is 0.985. The minimum absolute atomic E-state index is 0.0373. The molecule has 1 atom stereocenters. The van der Waals surface area contributed by atoms with Gasteiger partial charge in [-0.2, -0.15) is 13.2 Å². The Morgan fingerprint density at radius 1 is 1.09 bits per heavy atom. The predicted octanol–water partition coefficient (Wildman–Crippen LogP) is 4.85. The first-order valence-electron chi connectivity index (χ1n) is 9.89. The smallest absolute Gasteiger partial charge is 0.457 e. The number of alkyl halides is 3. The van der Waals surface area contributed by atoms with Crippen LogP contribution in [0.25, 0.3) is 10.8 Å². The van der Waals surface area contributed by atoms with Gasteiger partial charge in [0.05, 0.1) is 12.2 Å². The number of nitrogens with one attached hydrogen (secondary N) is 1. The zero-order valence-corrected chi connectivity index (χ0v) is 18.7. The largest absolute Gasteiger partial charge is 0.471 e. The number of phosphoric acid groups is 1. The number of hydrogen-bond acceptors (Lipinski definition) is 5. The molecule has 0 aliphatic heterocycles. The summed E-state index contributed by atoms with van der Waals surface area (Å²) in [4.78, 5) is 29.7. The van der Waals surface area contributed by atoms with Crippen LogP contribution in [0.5, 0.6) is 11.5 Å². The summed E-state index contributed by atoms with van der Waals surface area (Å²) < 4.78 is 63.7. The first-order chi connectivity index (χ1) is 15.9. The van der Waals surface area contributed by atoms with Crippen LogP contribution in [0, 0.1) is 0 Å². The standard InChI is InChI=1S/C22H21F3NO7P/c1-14(12-31-13-32-34(28,29)30)26-21(27)16-5-10-19-15(11-16)3-2-4-20(19)33-18-8-6-17(7-9-18)22(23,24)25/h2-11,14H,12-13H2,1H3,(H,26,27)(H2,28,29,30)/t14-/m1/s1. The van der Waals surface area contributed by atoms with E-state index >= 15 is 0 Å². The van der Waals surface area contributed by atoms with E-state index in [-0.39, 0.29) is 12.4 Å². The third-order valence-electron chi connectivity index (χ3n) is 4.56. The molecule has 0 aliphatic carbocycles. The van der Waals surface area contributed by atoms with E-state index in [2.05, 4.69) is 9.84 Å². The molecule has 0 heterocycles. The Morgan fingerprint density at radius 2 is 1.79 bits per heavy atom. The molecule has 0 radical (unpaired) electrons. The lowest BCUT2D eigenvalue weighted by Gasteiger charge is -2.15. The van der Waals surface area contributed by atoms with Crippen LogP contribution in [-0.4, -0.2) is 35.1 Å². The number of amides is 1. The molecule has 0 saturated heterocycles. The number of hydrogen-bond donors (Lipinski definition) is 3. The van der Waals surface area contributed by atoms with E-state index in [1.165, 1.54) is 12.1 Å². The summed E-state index contributed by atoms with van der Waals surface area (Å²) in [7, 11) is -4.63. The van der Waals surface area contributed by atoms with E-state index in [0.29, 0.717) is 22.1 Å². The summed E-state index contributed by atoms with van der Waals surface area (Å²) in [5, 5.41) is 4.03. The van der Waals surface area contributed by atoms with Gasteiger partial charge in [0.2, 0.25) is 0 Å². The number of fused-ring (bicyclic) bond motifs is 1. The summed E-state index contributed by atoms with van der Waals surface area (Å²) in [6.07, 6.45) is -4.44. The van der Waals surface area contributed by atoms with Crippen molar-refractivity contribution in [3.05, 3.63) is 71.8 Å². The van der Waals surface area contributed by atoms with Crippen LogP contribution in [0.3, 0.4) is 0 Å². The van der Waals surface area contributed by atoms with Gasteiger partial charge in [-0.25, -0.2) is 4.57 Å². The van der Waals surface area contributed by atoms with Crippen LogP contribution in [0.15, 0.2) is 60.7 Å². The van der Waals surface area contributed by atoms with E-state index in [0.717, 1.165) is 12.1 Å². The van der Waals surface area contributed by atoms with E-state index in [9.17, 15) is 22.5 Å². The molecule has 1 amide bonds. The molecule has 3 aromatic carbocycles. The molecule has 0 aromatic heterocycles. The van der Waals surface area contributed by atoms with Gasteiger partial charge in [-0.3, -0.25) is 9.32 Å². The quantitative estimate of drug-likeness (QED) is 0.219. The fourth-order valence-electron chi connectivity index (χ4n) is 3.00. The Bertz CT molecular complexity index is 1200. The van der Waals surface area contributed by atoms with Gasteiger partial charge in [0.25, 0.3) is 5.91 Å². The number of phosphoric ester groups is 1. The molecular weight excluding hydrogens is 478 g/mol. The molecule has 3 aromatic rings. The third kappa shape index (κ3) is 7.28. The Morgan fingerprint density at radius 3 is 2.44 bits per heavy atom. The topological polar surface area (TPSA) is 114 Å². The highest BCUT2D eigenvalue weighted by Crippen LogP contribution is 2.35. The molecule has 3 rings (SSSR count). The van der Waals surface area contributed by atoms with Crippen molar-refractivity contribution in [3.8, 4) is 11.5 Å². The summed E-state index contributed by atoms with van der Waals surface area (Å²) >= 11 is 0. The Labute approximate surface area is 192 Å². The van der Waals surface area contributed by atoms with Crippen LogP contribution in [0.2, 0.25) is 0 Å². The average Bonchev–Trinajstić information content (AvgIpc) is 2.75. The molecule has 0 unspecified atom stereocenters. The fourth-order valence-corrected chi connectivity index (χ4v) is 3.21. The first-order valence-corrected chi connectivity index (χ1v) is 11.4. The van der Waals surface area contributed by atoms with Crippen LogP contribution in [-0.2, 0) is 20.0 Å². The highest BCUT2D eigenvalue weighted by Gasteiger charge is 2.30. The van der Waals surface area contributed by atoms with Crippen molar-refractivity contribution in [3.63, 3.8) is 0 Å². The van der Waals surface area contributed by atoms with Gasteiger partial charge >= 0.3 is 14.0 Å². The van der Waals surface area contributed by atoms with Gasteiger partial charge in [0.15, 0.2) is 6.79 Å². The molecule has 0 aliphatic rings. The minimum atomic E-state index is -4.63. The first kappa shape index (κ1) is 25.7. The number of carbonyl (C=O) groups excluding carboxylic acids is 1. The maximum Gasteiger partial charge on any atom is 0.471 e. The summed E-state index contributed by atoms with van der Waals surface area (Å²) in [5.41, 5.74) is -0.431.